The maximum absolute atomic E-state index is 12.7. The summed E-state index contributed by atoms with van der Waals surface area (Å²) in [6, 6.07) is 15.0. The molecule has 4 aromatic rings. The molecule has 0 saturated heterocycles. The first-order valence-electron chi connectivity index (χ1n) is 11.2. The van der Waals surface area contributed by atoms with E-state index in [0.29, 0.717) is 22.6 Å². The van der Waals surface area contributed by atoms with Crippen molar-refractivity contribution in [3.05, 3.63) is 76.5 Å². The van der Waals surface area contributed by atoms with E-state index >= 15 is 0 Å². The van der Waals surface area contributed by atoms with Crippen LogP contribution in [0, 0.1) is 32.1 Å². The Bertz CT molecular complexity index is 1500. The standard InChI is InChI=1S/C27H25N5O3/c1-16-8-9-19(12-17(16)2)22(33)10-11-25(34)31-27-20(14-28)15-29-32(27)24-13-18(3)21-6-5-7-23(35-4)26(21)30-24/h5-9,12-13,15H,10-11H2,1-4H3,(H,31,34). The minimum atomic E-state index is -0.393. The summed E-state index contributed by atoms with van der Waals surface area (Å²) in [5.41, 5.74) is 4.49. The van der Waals surface area contributed by atoms with Crippen molar-refractivity contribution in [2.45, 2.75) is 33.6 Å². The second-order valence-corrected chi connectivity index (χ2v) is 8.35. The zero-order valence-electron chi connectivity index (χ0n) is 20.0. The molecule has 2 heterocycles. The SMILES string of the molecule is COc1cccc2c(C)cc(-n3ncc(C#N)c3NC(=O)CCC(=O)c3ccc(C)c(C)c3)nc12. The third kappa shape index (κ3) is 4.75. The van der Waals surface area contributed by atoms with Gasteiger partial charge in [0.15, 0.2) is 17.4 Å². The molecule has 0 atom stereocenters. The smallest absolute Gasteiger partial charge is 0.226 e. The number of anilines is 1. The minimum absolute atomic E-state index is 0.0280. The zero-order valence-corrected chi connectivity index (χ0v) is 20.0. The fourth-order valence-corrected chi connectivity index (χ4v) is 3.85. The molecule has 0 unspecified atom stereocenters. The van der Waals surface area contributed by atoms with Crippen LogP contribution < -0.4 is 10.1 Å². The number of Topliss-reactive ketones (excluding diaryl/α,β-unsaturated/α-hetero) is 1. The van der Waals surface area contributed by atoms with Crippen molar-refractivity contribution in [3.8, 4) is 17.6 Å². The van der Waals surface area contributed by atoms with Gasteiger partial charge in [-0.2, -0.15) is 15.0 Å². The molecule has 2 aromatic carbocycles. The molecule has 8 nitrogen and oxygen atoms in total. The normalized spacial score (nSPS) is 10.7. The predicted octanol–water partition coefficient (Wildman–Crippen LogP) is 4.83. The lowest BCUT2D eigenvalue weighted by molar-refractivity contribution is -0.116. The maximum atomic E-state index is 12.7. The number of rotatable bonds is 7. The summed E-state index contributed by atoms with van der Waals surface area (Å²) >= 11 is 0. The van der Waals surface area contributed by atoms with Crippen molar-refractivity contribution in [1.29, 1.82) is 5.26 Å². The van der Waals surface area contributed by atoms with Crippen LogP contribution in [0.25, 0.3) is 16.7 Å². The number of fused-ring (bicyclic) bond motifs is 1. The molecular weight excluding hydrogens is 442 g/mol. The largest absolute Gasteiger partial charge is 0.494 e. The number of carbonyl (C=O) groups is 2. The Balaban J connectivity index is 1.58. The Kier molecular flexibility index (Phi) is 6.60. The monoisotopic (exact) mass is 467 g/mol. The second kappa shape index (κ2) is 9.77. The number of nitrogens with zero attached hydrogens (tertiary/aromatic N) is 4. The van der Waals surface area contributed by atoms with E-state index in [2.05, 4.69) is 21.5 Å². The van der Waals surface area contributed by atoms with Crippen molar-refractivity contribution in [2.75, 3.05) is 12.4 Å². The van der Waals surface area contributed by atoms with Gasteiger partial charge >= 0.3 is 0 Å². The van der Waals surface area contributed by atoms with Gasteiger partial charge in [0, 0.05) is 23.8 Å². The van der Waals surface area contributed by atoms with Crippen molar-refractivity contribution in [2.24, 2.45) is 0 Å². The molecule has 0 aliphatic rings. The summed E-state index contributed by atoms with van der Waals surface area (Å²) in [4.78, 5) is 30.0. The molecule has 0 fully saturated rings. The Morgan fingerprint density at radius 3 is 2.57 bits per heavy atom. The lowest BCUT2D eigenvalue weighted by Gasteiger charge is -2.12. The summed E-state index contributed by atoms with van der Waals surface area (Å²) < 4.78 is 6.87. The Labute approximate surface area is 203 Å². The number of ketones is 1. The van der Waals surface area contributed by atoms with Gasteiger partial charge in [-0.05, 0) is 55.7 Å². The molecular formula is C27H25N5O3. The number of hydrogen-bond acceptors (Lipinski definition) is 6. The average Bonchev–Trinajstić information content (AvgIpc) is 3.26. The Hall–Kier alpha value is -4.51. The summed E-state index contributed by atoms with van der Waals surface area (Å²) in [5, 5.41) is 17.5. The zero-order chi connectivity index (χ0) is 25.1. The van der Waals surface area contributed by atoms with Crippen LogP contribution in [0.15, 0.2) is 48.7 Å². The number of benzene rings is 2. The van der Waals surface area contributed by atoms with Gasteiger partial charge in [0.2, 0.25) is 5.91 Å². The number of para-hydroxylation sites is 1. The summed E-state index contributed by atoms with van der Waals surface area (Å²) in [5.74, 6) is 0.738. The lowest BCUT2D eigenvalue weighted by Crippen LogP contribution is -2.17. The molecule has 0 aliphatic heterocycles. The number of pyridine rings is 1. The van der Waals surface area contributed by atoms with Crippen molar-refractivity contribution >= 4 is 28.4 Å². The molecule has 0 aliphatic carbocycles. The molecule has 1 N–H and O–H groups in total. The highest BCUT2D eigenvalue weighted by Crippen LogP contribution is 2.29. The van der Waals surface area contributed by atoms with Gasteiger partial charge in [0.1, 0.15) is 22.9 Å². The van der Waals surface area contributed by atoms with Gasteiger partial charge in [-0.1, -0.05) is 24.3 Å². The first-order chi connectivity index (χ1) is 16.8. The van der Waals surface area contributed by atoms with Gasteiger partial charge in [-0.3, -0.25) is 9.59 Å². The van der Waals surface area contributed by atoms with Crippen LogP contribution >= 0.6 is 0 Å². The highest BCUT2D eigenvalue weighted by molar-refractivity contribution is 6.00. The number of carbonyl (C=O) groups excluding carboxylic acids is 2. The highest BCUT2D eigenvalue weighted by Gasteiger charge is 2.19. The fraction of sp³-hybridized carbons (Fsp3) is 0.222. The number of nitrogens with one attached hydrogen (secondary N) is 1. The second-order valence-electron chi connectivity index (χ2n) is 8.35. The quantitative estimate of drug-likeness (QED) is 0.390. The van der Waals surface area contributed by atoms with E-state index in [-0.39, 0.29) is 30.0 Å². The van der Waals surface area contributed by atoms with Crippen molar-refractivity contribution in [1.82, 2.24) is 14.8 Å². The molecule has 0 saturated carbocycles. The van der Waals surface area contributed by atoms with Gasteiger partial charge in [-0.25, -0.2) is 4.98 Å². The third-order valence-corrected chi connectivity index (χ3v) is 5.99. The fourth-order valence-electron chi connectivity index (χ4n) is 3.85. The van der Waals surface area contributed by atoms with E-state index < -0.39 is 5.91 Å². The van der Waals surface area contributed by atoms with Gasteiger partial charge in [-0.15, -0.1) is 0 Å². The maximum Gasteiger partial charge on any atom is 0.226 e. The molecule has 4 rings (SSSR count). The van der Waals surface area contributed by atoms with Crippen molar-refractivity contribution < 1.29 is 14.3 Å². The van der Waals surface area contributed by atoms with Gasteiger partial charge in [0.05, 0.1) is 13.3 Å². The van der Waals surface area contributed by atoms with Crippen LogP contribution in [0.3, 0.4) is 0 Å². The van der Waals surface area contributed by atoms with Crippen LogP contribution in [0.5, 0.6) is 5.75 Å². The Morgan fingerprint density at radius 2 is 1.86 bits per heavy atom. The summed E-state index contributed by atoms with van der Waals surface area (Å²) in [7, 11) is 1.57. The molecule has 1 amide bonds. The Morgan fingerprint density at radius 1 is 1.06 bits per heavy atom. The first kappa shape index (κ1) is 23.6. The van der Waals surface area contributed by atoms with Crippen LogP contribution in [-0.2, 0) is 4.79 Å². The molecule has 2 aromatic heterocycles. The molecule has 8 heteroatoms. The van der Waals surface area contributed by atoms with Gasteiger partial charge < -0.3 is 10.1 Å². The van der Waals surface area contributed by atoms with Crippen LogP contribution in [0.4, 0.5) is 5.82 Å². The number of amides is 1. The summed E-state index contributed by atoms with van der Waals surface area (Å²) in [6.07, 6.45) is 1.40. The van der Waals surface area contributed by atoms with E-state index in [1.165, 1.54) is 10.9 Å². The number of aryl methyl sites for hydroxylation is 3. The van der Waals surface area contributed by atoms with E-state index in [1.54, 1.807) is 13.2 Å². The highest BCUT2D eigenvalue weighted by atomic mass is 16.5. The molecule has 0 spiro atoms. The van der Waals surface area contributed by atoms with E-state index in [1.807, 2.05) is 57.2 Å². The van der Waals surface area contributed by atoms with Crippen LogP contribution in [0.2, 0.25) is 0 Å². The number of aromatic nitrogens is 3. The number of nitriles is 1. The molecule has 0 bridgehead atoms. The number of methoxy groups -OCH3 is 1. The van der Waals surface area contributed by atoms with Gasteiger partial charge in [0.25, 0.3) is 0 Å². The van der Waals surface area contributed by atoms with Crippen LogP contribution in [-0.4, -0.2) is 33.6 Å². The average molecular weight is 468 g/mol. The van der Waals surface area contributed by atoms with E-state index in [9.17, 15) is 14.9 Å². The van der Waals surface area contributed by atoms with Crippen LogP contribution in [0.1, 0.15) is 45.5 Å². The van der Waals surface area contributed by atoms with E-state index in [0.717, 1.165) is 22.1 Å². The lowest BCUT2D eigenvalue weighted by atomic mass is 10.0. The number of hydrogen-bond donors (Lipinski definition) is 1. The minimum Gasteiger partial charge on any atom is -0.494 e. The molecule has 0 radical (unpaired) electrons. The van der Waals surface area contributed by atoms with Crippen molar-refractivity contribution in [3.63, 3.8) is 0 Å². The third-order valence-electron chi connectivity index (χ3n) is 5.99. The summed E-state index contributed by atoms with van der Waals surface area (Å²) in [6.45, 7) is 5.87. The molecule has 35 heavy (non-hydrogen) atoms. The number of ether oxygens (including phenoxy) is 1. The first-order valence-corrected chi connectivity index (χ1v) is 11.2. The topological polar surface area (TPSA) is 110 Å². The predicted molar refractivity (Wildman–Crippen MR) is 133 cm³/mol. The van der Waals surface area contributed by atoms with E-state index in [4.69, 9.17) is 4.74 Å². The molecule has 176 valence electrons.